The van der Waals surface area contributed by atoms with Crippen LogP contribution in [0.3, 0.4) is 0 Å². The third-order valence-corrected chi connectivity index (χ3v) is 5.63. The molecule has 25 heavy (non-hydrogen) atoms. The van der Waals surface area contributed by atoms with Crippen LogP contribution in [0.2, 0.25) is 0 Å². The number of carbonyl (C=O) groups excluding carboxylic acids is 1. The van der Waals surface area contributed by atoms with Crippen molar-refractivity contribution < 1.29 is 13.2 Å². The number of carbonyl (C=O) groups is 1. The number of fused-ring (bicyclic) bond motifs is 1. The Balaban J connectivity index is 1.92. The van der Waals surface area contributed by atoms with E-state index in [1.54, 1.807) is 4.90 Å². The van der Waals surface area contributed by atoms with Crippen molar-refractivity contribution >= 4 is 27.3 Å². The molecule has 132 valence electrons. The number of hydrogen-bond acceptors (Lipinski definition) is 3. The van der Waals surface area contributed by atoms with E-state index in [1.807, 2.05) is 56.3 Å². The molecule has 0 unspecified atom stereocenters. The normalized spacial score (nSPS) is 13.6. The van der Waals surface area contributed by atoms with Crippen molar-refractivity contribution in [1.29, 1.82) is 0 Å². The Bertz CT molecular complexity index is 922. The molecule has 0 aliphatic carbocycles. The molecule has 0 radical (unpaired) electrons. The zero-order valence-corrected chi connectivity index (χ0v) is 15.5. The number of hydrogen-bond donors (Lipinski definition) is 0. The van der Waals surface area contributed by atoms with Crippen LogP contribution in [0.5, 0.6) is 0 Å². The van der Waals surface area contributed by atoms with Crippen LogP contribution in [0.15, 0.2) is 42.5 Å². The van der Waals surface area contributed by atoms with Gasteiger partial charge in [-0.3, -0.25) is 9.10 Å². The fraction of sp³-hybridized carbons (Fsp3) is 0.316. The highest BCUT2D eigenvalue weighted by molar-refractivity contribution is 7.92. The predicted molar refractivity (Wildman–Crippen MR) is 101 cm³/mol. The number of benzene rings is 2. The van der Waals surface area contributed by atoms with Crippen LogP contribution >= 0.6 is 0 Å². The molecule has 0 saturated heterocycles. The first-order valence-electron chi connectivity index (χ1n) is 8.20. The third kappa shape index (κ3) is 3.54. The topological polar surface area (TPSA) is 57.7 Å². The summed E-state index contributed by atoms with van der Waals surface area (Å²) in [5.74, 6) is -0.212. The van der Waals surface area contributed by atoms with E-state index < -0.39 is 10.0 Å². The summed E-state index contributed by atoms with van der Waals surface area (Å²) >= 11 is 0. The molecule has 1 aliphatic rings. The molecule has 0 atom stereocenters. The van der Waals surface area contributed by atoms with E-state index >= 15 is 0 Å². The summed E-state index contributed by atoms with van der Waals surface area (Å²) < 4.78 is 25.9. The third-order valence-electron chi connectivity index (χ3n) is 4.50. The lowest BCUT2D eigenvalue weighted by Crippen LogP contribution is -2.42. The molecule has 2 aromatic carbocycles. The van der Waals surface area contributed by atoms with Gasteiger partial charge < -0.3 is 4.90 Å². The van der Waals surface area contributed by atoms with E-state index in [0.717, 1.165) is 35.1 Å². The van der Waals surface area contributed by atoms with Gasteiger partial charge in [-0.15, -0.1) is 0 Å². The highest BCUT2D eigenvalue weighted by Gasteiger charge is 2.29. The van der Waals surface area contributed by atoms with Gasteiger partial charge in [0.2, 0.25) is 15.9 Å². The molecule has 0 N–H and O–H groups in total. The van der Waals surface area contributed by atoms with Gasteiger partial charge in [0.15, 0.2) is 0 Å². The molecule has 2 aromatic rings. The summed E-state index contributed by atoms with van der Waals surface area (Å²) in [6, 6.07) is 13.4. The number of nitrogens with zero attached hydrogens (tertiary/aromatic N) is 2. The Labute approximate surface area is 148 Å². The van der Waals surface area contributed by atoms with Crippen LogP contribution in [0.25, 0.3) is 0 Å². The highest BCUT2D eigenvalue weighted by Crippen LogP contribution is 2.29. The Kier molecular flexibility index (Phi) is 4.56. The summed E-state index contributed by atoms with van der Waals surface area (Å²) in [5.41, 5.74) is 4.33. The molecule has 0 fully saturated rings. The summed E-state index contributed by atoms with van der Waals surface area (Å²) in [5, 5.41) is 0. The van der Waals surface area contributed by atoms with E-state index in [2.05, 4.69) is 0 Å². The zero-order valence-electron chi connectivity index (χ0n) is 14.7. The van der Waals surface area contributed by atoms with Crippen molar-refractivity contribution in [1.82, 2.24) is 0 Å². The molecule has 5 nitrogen and oxygen atoms in total. The van der Waals surface area contributed by atoms with Crippen LogP contribution in [-0.4, -0.2) is 33.7 Å². The van der Waals surface area contributed by atoms with Crippen LogP contribution in [0.4, 0.5) is 11.4 Å². The molecule has 0 spiro atoms. The van der Waals surface area contributed by atoms with Gasteiger partial charge in [0.05, 0.1) is 11.9 Å². The van der Waals surface area contributed by atoms with Crippen molar-refractivity contribution in [3.05, 3.63) is 59.2 Å². The maximum atomic E-state index is 12.9. The lowest BCUT2D eigenvalue weighted by Gasteiger charge is -2.26. The monoisotopic (exact) mass is 358 g/mol. The van der Waals surface area contributed by atoms with Gasteiger partial charge in [-0.25, -0.2) is 8.42 Å². The molecule has 1 heterocycles. The van der Waals surface area contributed by atoms with E-state index in [1.165, 1.54) is 4.31 Å². The van der Waals surface area contributed by atoms with Gasteiger partial charge in [0.25, 0.3) is 0 Å². The highest BCUT2D eigenvalue weighted by atomic mass is 32.2. The number of aryl methyl sites for hydroxylation is 2. The molecule has 1 aliphatic heterocycles. The molecular weight excluding hydrogens is 336 g/mol. The Morgan fingerprint density at radius 3 is 2.60 bits per heavy atom. The van der Waals surface area contributed by atoms with Crippen molar-refractivity contribution in [2.24, 2.45) is 0 Å². The minimum atomic E-state index is -3.57. The number of para-hydroxylation sites is 1. The second kappa shape index (κ2) is 6.52. The average molecular weight is 358 g/mol. The van der Waals surface area contributed by atoms with Gasteiger partial charge >= 0.3 is 0 Å². The smallest absolute Gasteiger partial charge is 0.247 e. The standard InChI is InChI=1S/C19H22N2O3S/c1-14-8-9-15(2)18(12-14)21(25(3,23)24)13-19(22)20-11-10-16-6-4-5-7-17(16)20/h4-9,12H,10-11,13H2,1-3H3. The Morgan fingerprint density at radius 1 is 1.16 bits per heavy atom. The van der Waals surface area contributed by atoms with Gasteiger partial charge in [0, 0.05) is 12.2 Å². The molecule has 0 aromatic heterocycles. The lowest BCUT2D eigenvalue weighted by molar-refractivity contribution is -0.117. The van der Waals surface area contributed by atoms with Crippen molar-refractivity contribution in [2.75, 3.05) is 28.6 Å². The summed E-state index contributed by atoms with van der Waals surface area (Å²) in [6.07, 6.45) is 1.93. The van der Waals surface area contributed by atoms with Gasteiger partial charge in [-0.05, 0) is 49.1 Å². The maximum absolute atomic E-state index is 12.9. The minimum absolute atomic E-state index is 0.197. The minimum Gasteiger partial charge on any atom is -0.310 e. The first kappa shape index (κ1) is 17.5. The Hall–Kier alpha value is -2.34. The second-order valence-electron chi connectivity index (χ2n) is 6.48. The Morgan fingerprint density at radius 2 is 1.88 bits per heavy atom. The SMILES string of the molecule is Cc1ccc(C)c(N(CC(=O)N2CCc3ccccc32)S(C)(=O)=O)c1. The fourth-order valence-electron chi connectivity index (χ4n) is 3.17. The fourth-order valence-corrected chi connectivity index (χ4v) is 4.07. The second-order valence-corrected chi connectivity index (χ2v) is 8.39. The average Bonchev–Trinajstić information content (AvgIpc) is 2.98. The van der Waals surface area contributed by atoms with Crippen LogP contribution in [0, 0.1) is 13.8 Å². The molecule has 6 heteroatoms. The number of amides is 1. The number of rotatable bonds is 4. The number of anilines is 2. The maximum Gasteiger partial charge on any atom is 0.247 e. The summed E-state index contributed by atoms with van der Waals surface area (Å²) in [7, 11) is -3.57. The molecule has 3 rings (SSSR count). The molecule has 1 amide bonds. The van der Waals surface area contributed by atoms with E-state index in [0.29, 0.717) is 12.2 Å². The van der Waals surface area contributed by atoms with Gasteiger partial charge in [0.1, 0.15) is 6.54 Å². The van der Waals surface area contributed by atoms with Crippen LogP contribution < -0.4 is 9.21 Å². The zero-order chi connectivity index (χ0) is 18.2. The van der Waals surface area contributed by atoms with Gasteiger partial charge in [-0.1, -0.05) is 30.3 Å². The molecule has 0 saturated carbocycles. The quantitative estimate of drug-likeness (QED) is 0.844. The first-order chi connectivity index (χ1) is 11.8. The van der Waals surface area contributed by atoms with Crippen LogP contribution in [0.1, 0.15) is 16.7 Å². The van der Waals surface area contributed by atoms with Crippen molar-refractivity contribution in [3.63, 3.8) is 0 Å². The lowest BCUT2D eigenvalue weighted by atomic mass is 10.1. The van der Waals surface area contributed by atoms with Crippen molar-refractivity contribution in [3.8, 4) is 0 Å². The summed E-state index contributed by atoms with van der Waals surface area (Å²) in [4.78, 5) is 14.5. The molecule has 0 bridgehead atoms. The van der Waals surface area contributed by atoms with Crippen molar-refractivity contribution in [2.45, 2.75) is 20.3 Å². The van der Waals surface area contributed by atoms with E-state index in [4.69, 9.17) is 0 Å². The summed E-state index contributed by atoms with van der Waals surface area (Å²) in [6.45, 7) is 4.14. The van der Waals surface area contributed by atoms with Gasteiger partial charge in [-0.2, -0.15) is 0 Å². The van der Waals surface area contributed by atoms with Crippen LogP contribution in [-0.2, 0) is 21.2 Å². The predicted octanol–water partition coefficient (Wildman–Crippen LogP) is 2.66. The van der Waals surface area contributed by atoms with E-state index in [-0.39, 0.29) is 12.5 Å². The molecular formula is C19H22N2O3S. The number of sulfonamides is 1. The van der Waals surface area contributed by atoms with E-state index in [9.17, 15) is 13.2 Å². The first-order valence-corrected chi connectivity index (χ1v) is 10.1. The largest absolute Gasteiger partial charge is 0.310 e.